The van der Waals surface area contributed by atoms with Crippen LogP contribution in [0.2, 0.25) is 0 Å². The van der Waals surface area contributed by atoms with E-state index in [2.05, 4.69) is 18.4 Å². The Morgan fingerprint density at radius 3 is 1.32 bits per heavy atom. The molecule has 0 aromatic heterocycles. The lowest BCUT2D eigenvalue weighted by Gasteiger charge is -2.20. The van der Waals surface area contributed by atoms with Crippen molar-refractivity contribution in [3.05, 3.63) is 0 Å². The van der Waals surface area contributed by atoms with Gasteiger partial charge < -0.3 is 24.6 Å². The van der Waals surface area contributed by atoms with Gasteiger partial charge in [0.2, 0.25) is 0 Å². The van der Waals surface area contributed by atoms with Crippen LogP contribution in [-0.4, -0.2) is 65.7 Å². The zero-order valence-electron chi connectivity index (χ0n) is 30.0. The number of rotatable bonds is 36. The first kappa shape index (κ1) is 46.0. The monoisotopic (exact) mass is 694 g/mol. The molecule has 0 heterocycles. The van der Waals surface area contributed by atoms with Crippen LogP contribution in [0.3, 0.4) is 0 Å². The molecule has 0 aliphatic rings. The largest absolute Gasteiger partial charge is 0.472 e. The summed E-state index contributed by atoms with van der Waals surface area (Å²) >= 11 is 0. The molecule has 280 valence electrons. The molecule has 0 bridgehead atoms. The van der Waals surface area contributed by atoms with Crippen molar-refractivity contribution in [1.82, 2.24) is 0 Å². The number of phosphoric ester groups is 1. The fourth-order valence-electron chi connectivity index (χ4n) is 5.29. The van der Waals surface area contributed by atoms with Crippen LogP contribution in [0.15, 0.2) is 0 Å². The predicted octanol–water partition coefficient (Wildman–Crippen LogP) is 9.11. The summed E-state index contributed by atoms with van der Waals surface area (Å²) in [5.74, 6) is -0.920. The van der Waals surface area contributed by atoms with E-state index in [0.29, 0.717) is 12.8 Å². The van der Waals surface area contributed by atoms with E-state index in [0.717, 1.165) is 32.1 Å². The third-order valence-electron chi connectivity index (χ3n) is 8.26. The Labute approximate surface area is 286 Å². The van der Waals surface area contributed by atoms with Gasteiger partial charge in [-0.1, -0.05) is 155 Å². The van der Waals surface area contributed by atoms with Crippen LogP contribution >= 0.6 is 7.82 Å². The molecule has 0 fully saturated rings. The summed E-state index contributed by atoms with van der Waals surface area (Å²) in [7, 11) is -4.60. The topological polar surface area (TPSA) is 149 Å². The van der Waals surface area contributed by atoms with Crippen LogP contribution in [0.1, 0.15) is 181 Å². The summed E-state index contributed by atoms with van der Waals surface area (Å²) in [5, 5.41) is 18.2. The molecule has 0 aromatic rings. The normalized spacial score (nSPS) is 14.1. The predicted molar refractivity (Wildman–Crippen MR) is 187 cm³/mol. The molecule has 0 aromatic carbocycles. The Bertz CT molecular complexity index is 766. The second-order valence-corrected chi connectivity index (χ2v) is 14.4. The zero-order valence-corrected chi connectivity index (χ0v) is 30.9. The van der Waals surface area contributed by atoms with Crippen LogP contribution in [0.4, 0.5) is 0 Å². The van der Waals surface area contributed by atoms with E-state index in [1.807, 2.05) is 0 Å². The minimum Gasteiger partial charge on any atom is -0.462 e. The van der Waals surface area contributed by atoms with Gasteiger partial charge in [-0.2, -0.15) is 0 Å². The number of carbonyl (C=O) groups is 2. The standard InChI is InChI=1S/C36H71O10P/c1-3-5-7-9-11-13-14-15-16-17-18-19-20-22-23-25-27-35(39)43-31-34(32-45-47(41,42)44-30-33(38)29-37)46-36(40)28-26-24-21-12-10-8-6-4-2/h33-34,37-38H,3-32H2,1-2H3,(H,41,42)/t33-,34-/m1/s1. The summed E-state index contributed by atoms with van der Waals surface area (Å²) in [4.78, 5) is 34.7. The van der Waals surface area contributed by atoms with Gasteiger partial charge in [0.05, 0.1) is 19.8 Å². The highest BCUT2D eigenvalue weighted by Gasteiger charge is 2.27. The number of ether oxygens (including phenoxy) is 2. The molecule has 3 atom stereocenters. The smallest absolute Gasteiger partial charge is 0.462 e. The molecule has 11 heteroatoms. The molecule has 0 saturated heterocycles. The van der Waals surface area contributed by atoms with E-state index in [-0.39, 0.29) is 19.4 Å². The summed E-state index contributed by atoms with van der Waals surface area (Å²) in [6.45, 7) is 2.35. The van der Waals surface area contributed by atoms with Crippen molar-refractivity contribution in [2.75, 3.05) is 26.4 Å². The van der Waals surface area contributed by atoms with E-state index in [1.165, 1.54) is 109 Å². The Morgan fingerprint density at radius 2 is 0.915 bits per heavy atom. The SMILES string of the molecule is CCCCCCCCCCCCCCCCCCC(=O)OC[C@H](COP(=O)(O)OC[C@H](O)CO)OC(=O)CCCCCCCCCC. The second-order valence-electron chi connectivity index (χ2n) is 13.0. The molecule has 3 N–H and O–H groups in total. The minimum absolute atomic E-state index is 0.189. The van der Waals surface area contributed by atoms with Crippen molar-refractivity contribution in [2.45, 2.75) is 193 Å². The lowest BCUT2D eigenvalue weighted by atomic mass is 10.0. The average Bonchev–Trinajstić information content (AvgIpc) is 3.05. The molecule has 0 spiro atoms. The average molecular weight is 695 g/mol. The van der Waals surface area contributed by atoms with Crippen molar-refractivity contribution in [3.8, 4) is 0 Å². The summed E-state index contributed by atoms with van der Waals surface area (Å²) in [5.41, 5.74) is 0. The third kappa shape index (κ3) is 33.3. The van der Waals surface area contributed by atoms with E-state index in [4.69, 9.17) is 19.1 Å². The fourth-order valence-corrected chi connectivity index (χ4v) is 6.08. The molecule has 0 rings (SSSR count). The van der Waals surface area contributed by atoms with Crippen LogP contribution in [0, 0.1) is 0 Å². The molecular formula is C36H71O10P. The quantitative estimate of drug-likeness (QED) is 0.0329. The number of unbranched alkanes of at least 4 members (excludes halogenated alkanes) is 22. The van der Waals surface area contributed by atoms with Gasteiger partial charge in [0.1, 0.15) is 12.7 Å². The summed E-state index contributed by atoms with van der Waals surface area (Å²) in [6, 6.07) is 0. The molecule has 1 unspecified atom stereocenters. The van der Waals surface area contributed by atoms with Gasteiger partial charge in [-0.3, -0.25) is 18.6 Å². The molecule has 10 nitrogen and oxygen atoms in total. The van der Waals surface area contributed by atoms with Gasteiger partial charge in [0, 0.05) is 12.8 Å². The summed E-state index contributed by atoms with van der Waals surface area (Å²) in [6.07, 6.45) is 26.6. The first-order valence-electron chi connectivity index (χ1n) is 19.0. The molecule has 0 radical (unpaired) electrons. The first-order chi connectivity index (χ1) is 22.7. The fraction of sp³-hybridized carbons (Fsp3) is 0.944. The second kappa shape index (κ2) is 33.5. The van der Waals surface area contributed by atoms with E-state index in [1.54, 1.807) is 0 Å². The maximum atomic E-state index is 12.4. The number of hydrogen-bond acceptors (Lipinski definition) is 9. The molecule has 0 aliphatic heterocycles. The van der Waals surface area contributed by atoms with Crippen molar-refractivity contribution in [3.63, 3.8) is 0 Å². The highest BCUT2D eigenvalue weighted by Crippen LogP contribution is 2.43. The Hall–Kier alpha value is -1.03. The molecule has 0 saturated carbocycles. The highest BCUT2D eigenvalue weighted by molar-refractivity contribution is 7.47. The van der Waals surface area contributed by atoms with Crippen molar-refractivity contribution >= 4 is 19.8 Å². The van der Waals surface area contributed by atoms with Crippen LogP contribution in [-0.2, 0) is 32.7 Å². The minimum atomic E-state index is -4.60. The molecule has 0 aliphatic carbocycles. The number of esters is 2. The van der Waals surface area contributed by atoms with Crippen molar-refractivity contribution in [2.24, 2.45) is 0 Å². The third-order valence-corrected chi connectivity index (χ3v) is 9.21. The highest BCUT2D eigenvalue weighted by atomic mass is 31.2. The van der Waals surface area contributed by atoms with E-state index < -0.39 is 51.8 Å². The lowest BCUT2D eigenvalue weighted by molar-refractivity contribution is -0.161. The molecular weight excluding hydrogens is 623 g/mol. The van der Waals surface area contributed by atoms with Crippen molar-refractivity contribution in [1.29, 1.82) is 0 Å². The van der Waals surface area contributed by atoms with Crippen LogP contribution in [0.5, 0.6) is 0 Å². The molecule has 0 amide bonds. The lowest BCUT2D eigenvalue weighted by Crippen LogP contribution is -2.29. The zero-order chi connectivity index (χ0) is 34.9. The Balaban J connectivity index is 4.24. The van der Waals surface area contributed by atoms with E-state index in [9.17, 15) is 24.2 Å². The number of carbonyl (C=O) groups excluding carboxylic acids is 2. The van der Waals surface area contributed by atoms with Gasteiger partial charge in [-0.05, 0) is 12.8 Å². The summed E-state index contributed by atoms with van der Waals surface area (Å²) < 4.78 is 32.5. The van der Waals surface area contributed by atoms with E-state index >= 15 is 0 Å². The van der Waals surface area contributed by atoms with Gasteiger partial charge in [0.25, 0.3) is 0 Å². The maximum absolute atomic E-state index is 12.4. The Kier molecular flexibility index (Phi) is 32.7. The van der Waals surface area contributed by atoms with Gasteiger partial charge >= 0.3 is 19.8 Å². The number of hydrogen-bond donors (Lipinski definition) is 3. The van der Waals surface area contributed by atoms with Crippen molar-refractivity contribution < 1.29 is 47.8 Å². The van der Waals surface area contributed by atoms with Gasteiger partial charge in [0.15, 0.2) is 6.10 Å². The first-order valence-corrected chi connectivity index (χ1v) is 20.5. The maximum Gasteiger partial charge on any atom is 0.472 e. The van der Waals surface area contributed by atoms with Crippen LogP contribution < -0.4 is 0 Å². The molecule has 47 heavy (non-hydrogen) atoms. The Morgan fingerprint density at radius 1 is 0.553 bits per heavy atom. The number of aliphatic hydroxyl groups excluding tert-OH is 2. The number of aliphatic hydroxyl groups is 2. The van der Waals surface area contributed by atoms with Gasteiger partial charge in [-0.25, -0.2) is 4.57 Å². The van der Waals surface area contributed by atoms with Crippen LogP contribution in [0.25, 0.3) is 0 Å². The van der Waals surface area contributed by atoms with Gasteiger partial charge in [-0.15, -0.1) is 0 Å². The number of phosphoric acid groups is 1.